The van der Waals surface area contributed by atoms with Gasteiger partial charge in [0, 0.05) is 23.4 Å². The lowest BCUT2D eigenvalue weighted by molar-refractivity contribution is -0.385. The maximum absolute atomic E-state index is 12.3. The van der Waals surface area contributed by atoms with Crippen molar-refractivity contribution >= 4 is 5.69 Å². The molecule has 4 rings (SSSR count). The number of phenols is 2. The molecule has 3 N–H and O–H groups in total. The highest BCUT2D eigenvalue weighted by Gasteiger charge is 2.23. The average Bonchev–Trinajstić information content (AvgIpc) is 3.35. The molecule has 28 heavy (non-hydrogen) atoms. The van der Waals surface area contributed by atoms with Crippen LogP contribution in [0.5, 0.6) is 11.5 Å². The van der Waals surface area contributed by atoms with Crippen LogP contribution in [-0.4, -0.2) is 30.3 Å². The number of nitrogens with one attached hydrogen (secondary N) is 1. The van der Waals surface area contributed by atoms with Crippen LogP contribution in [0.25, 0.3) is 34.0 Å². The fourth-order valence-electron chi connectivity index (χ4n) is 2.68. The van der Waals surface area contributed by atoms with Crippen molar-refractivity contribution in [3.63, 3.8) is 0 Å². The zero-order valence-corrected chi connectivity index (χ0v) is 13.8. The van der Waals surface area contributed by atoms with E-state index in [1.54, 1.807) is 12.1 Å². The highest BCUT2D eigenvalue weighted by atomic mass is 16.6. The number of H-pyrrole nitrogens is 1. The van der Waals surface area contributed by atoms with E-state index < -0.39 is 27.7 Å². The number of benzene rings is 1. The van der Waals surface area contributed by atoms with Gasteiger partial charge < -0.3 is 24.1 Å². The Hall–Kier alpha value is -4.41. The maximum Gasteiger partial charge on any atom is 0.315 e. The monoisotopic (exact) mass is 382 g/mol. The van der Waals surface area contributed by atoms with E-state index in [0.29, 0.717) is 11.1 Å². The van der Waals surface area contributed by atoms with Crippen molar-refractivity contribution in [3.05, 3.63) is 63.5 Å². The number of phenolic OH excluding ortho intramolecular Hbond substituents is 2. The van der Waals surface area contributed by atoms with Crippen molar-refractivity contribution in [1.82, 2.24) is 15.1 Å². The van der Waals surface area contributed by atoms with Crippen LogP contribution < -0.4 is 5.56 Å². The topological polar surface area (TPSA) is 169 Å². The molecule has 3 heterocycles. The first-order valence-electron chi connectivity index (χ1n) is 7.75. The molecule has 0 bridgehead atoms. The zero-order valence-electron chi connectivity index (χ0n) is 13.8. The minimum Gasteiger partial charge on any atom is -0.504 e. The summed E-state index contributed by atoms with van der Waals surface area (Å²) >= 11 is 0. The Morgan fingerprint density at radius 3 is 2.71 bits per heavy atom. The van der Waals surface area contributed by atoms with Gasteiger partial charge in [0.15, 0.2) is 5.75 Å². The lowest BCUT2D eigenvalue weighted by Gasteiger charge is -2.02. The second-order valence-corrected chi connectivity index (χ2v) is 5.65. The van der Waals surface area contributed by atoms with Crippen molar-refractivity contribution in [2.45, 2.75) is 0 Å². The van der Waals surface area contributed by atoms with Gasteiger partial charge in [0.2, 0.25) is 11.6 Å². The van der Waals surface area contributed by atoms with E-state index in [0.717, 1.165) is 12.1 Å². The molecule has 1 aromatic carbocycles. The number of aromatic nitrogens is 3. The number of nitrogens with zero attached hydrogens (tertiary/aromatic N) is 3. The molecule has 0 saturated heterocycles. The fraction of sp³-hybridized carbons (Fsp3) is 0. The van der Waals surface area contributed by atoms with Crippen LogP contribution in [0.4, 0.5) is 5.69 Å². The Morgan fingerprint density at radius 2 is 2.00 bits per heavy atom. The molecular weight excluding hydrogens is 372 g/mol. The molecule has 0 aliphatic heterocycles. The van der Waals surface area contributed by atoms with E-state index in [1.165, 1.54) is 18.7 Å². The van der Waals surface area contributed by atoms with Gasteiger partial charge in [-0.05, 0) is 18.2 Å². The molecule has 140 valence electrons. The highest BCUT2D eigenvalue weighted by Crippen LogP contribution is 2.39. The maximum atomic E-state index is 12.3. The summed E-state index contributed by atoms with van der Waals surface area (Å²) in [5, 5.41) is 34.1. The largest absolute Gasteiger partial charge is 0.504 e. The third-order valence-corrected chi connectivity index (χ3v) is 3.95. The van der Waals surface area contributed by atoms with Crippen LogP contribution in [0.2, 0.25) is 0 Å². The lowest BCUT2D eigenvalue weighted by Crippen LogP contribution is -2.09. The Bertz CT molecular complexity index is 1240. The van der Waals surface area contributed by atoms with Gasteiger partial charge in [-0.2, -0.15) is 4.98 Å². The molecule has 11 heteroatoms. The highest BCUT2D eigenvalue weighted by molar-refractivity contribution is 5.79. The number of nitro benzene ring substituents is 1. The molecular formula is C17H10N4O7. The first kappa shape index (κ1) is 17.0. The van der Waals surface area contributed by atoms with Gasteiger partial charge in [0.25, 0.3) is 11.4 Å². The Balaban J connectivity index is 1.84. The third-order valence-electron chi connectivity index (χ3n) is 3.95. The molecule has 0 saturated carbocycles. The van der Waals surface area contributed by atoms with Crippen LogP contribution in [0.3, 0.4) is 0 Å². The van der Waals surface area contributed by atoms with Crippen LogP contribution in [0.15, 0.2) is 56.7 Å². The van der Waals surface area contributed by atoms with Gasteiger partial charge in [-0.1, -0.05) is 5.16 Å². The van der Waals surface area contributed by atoms with Crippen LogP contribution >= 0.6 is 0 Å². The first-order valence-corrected chi connectivity index (χ1v) is 7.75. The van der Waals surface area contributed by atoms with Crippen LogP contribution in [0.1, 0.15) is 0 Å². The van der Waals surface area contributed by atoms with Crippen molar-refractivity contribution in [2.24, 2.45) is 0 Å². The summed E-state index contributed by atoms with van der Waals surface area (Å²) in [5.41, 5.74) is 0.00510. The minimum atomic E-state index is -0.870. The number of pyridine rings is 1. The van der Waals surface area contributed by atoms with Crippen LogP contribution in [-0.2, 0) is 0 Å². The summed E-state index contributed by atoms with van der Waals surface area (Å²) in [6.45, 7) is 0. The molecule has 4 aromatic rings. The van der Waals surface area contributed by atoms with Crippen molar-refractivity contribution < 1.29 is 24.1 Å². The van der Waals surface area contributed by atoms with Crippen molar-refractivity contribution in [2.75, 3.05) is 0 Å². The first-order chi connectivity index (χ1) is 13.5. The van der Waals surface area contributed by atoms with Gasteiger partial charge >= 0.3 is 5.69 Å². The third kappa shape index (κ3) is 2.76. The number of rotatable bonds is 4. The smallest absolute Gasteiger partial charge is 0.315 e. The van der Waals surface area contributed by atoms with E-state index in [1.807, 2.05) is 0 Å². The minimum absolute atomic E-state index is 0.0236. The second kappa shape index (κ2) is 6.39. The molecule has 0 aliphatic rings. The summed E-state index contributed by atoms with van der Waals surface area (Å²) in [6.07, 6.45) is 4.20. The number of aromatic amines is 1. The number of furan rings is 1. The molecule has 0 atom stereocenters. The molecule has 0 fully saturated rings. The van der Waals surface area contributed by atoms with Gasteiger partial charge in [-0.15, -0.1) is 0 Å². The molecule has 3 aromatic heterocycles. The quantitative estimate of drug-likeness (QED) is 0.273. The fourth-order valence-corrected chi connectivity index (χ4v) is 2.68. The second-order valence-electron chi connectivity index (χ2n) is 5.65. The normalized spacial score (nSPS) is 10.9. The van der Waals surface area contributed by atoms with Gasteiger partial charge in [0.1, 0.15) is 0 Å². The van der Waals surface area contributed by atoms with Crippen LogP contribution in [0, 0.1) is 10.1 Å². The molecule has 0 spiro atoms. The molecule has 0 aliphatic carbocycles. The molecule has 0 amide bonds. The Kier molecular flexibility index (Phi) is 3.89. The number of hydrogen-bond acceptors (Lipinski definition) is 9. The van der Waals surface area contributed by atoms with Gasteiger partial charge in [-0.3, -0.25) is 14.9 Å². The molecule has 0 unspecified atom stereocenters. The summed E-state index contributed by atoms with van der Waals surface area (Å²) in [5.74, 6) is -1.68. The van der Waals surface area contributed by atoms with E-state index in [2.05, 4.69) is 15.1 Å². The standard InChI is InChI=1S/C17H10N4O7/c22-12-6-9(5-11(14(12)23)21(25)26)17-19-15(20-28-17)10-1-3-18-16(24)13(10)8-2-4-27-7-8/h1-7,22-23H,(H,18,24). The summed E-state index contributed by atoms with van der Waals surface area (Å²) in [6, 6.07) is 5.20. The Labute approximate surface area is 154 Å². The predicted octanol–water partition coefficient (Wildman–Crippen LogP) is 2.67. The number of aromatic hydroxyl groups is 2. The summed E-state index contributed by atoms with van der Waals surface area (Å²) in [4.78, 5) is 29.1. The van der Waals surface area contributed by atoms with E-state index in [4.69, 9.17) is 8.94 Å². The zero-order chi connectivity index (χ0) is 19.8. The van der Waals surface area contributed by atoms with Crippen molar-refractivity contribution in [3.8, 4) is 45.5 Å². The lowest BCUT2D eigenvalue weighted by atomic mass is 10.0. The van der Waals surface area contributed by atoms with E-state index >= 15 is 0 Å². The average molecular weight is 382 g/mol. The predicted molar refractivity (Wildman–Crippen MR) is 93.5 cm³/mol. The van der Waals surface area contributed by atoms with Crippen molar-refractivity contribution in [1.29, 1.82) is 0 Å². The molecule has 11 nitrogen and oxygen atoms in total. The van der Waals surface area contributed by atoms with E-state index in [9.17, 15) is 25.1 Å². The van der Waals surface area contributed by atoms with Gasteiger partial charge in [0.05, 0.1) is 28.6 Å². The number of hydrogen-bond donors (Lipinski definition) is 3. The summed E-state index contributed by atoms with van der Waals surface area (Å²) in [7, 11) is 0. The SMILES string of the molecule is O=c1[nH]ccc(-c2noc(-c3cc(O)c(O)c([N+](=O)[O-])c3)n2)c1-c1ccoc1. The van der Waals surface area contributed by atoms with E-state index in [-0.39, 0.29) is 22.8 Å². The summed E-state index contributed by atoms with van der Waals surface area (Å²) < 4.78 is 10.2. The Morgan fingerprint density at radius 1 is 1.18 bits per heavy atom. The molecule has 0 radical (unpaired) electrons. The number of nitro groups is 1. The van der Waals surface area contributed by atoms with Gasteiger partial charge in [-0.25, -0.2) is 0 Å².